The van der Waals surface area contributed by atoms with E-state index in [-0.39, 0.29) is 25.1 Å². The number of methoxy groups -OCH3 is 1. The molecule has 1 saturated heterocycles. The molecule has 2 unspecified atom stereocenters. The Balaban J connectivity index is 0.000000364. The van der Waals surface area contributed by atoms with Gasteiger partial charge in [-0.1, -0.05) is 6.08 Å². The quantitative estimate of drug-likeness (QED) is 0.649. The highest BCUT2D eigenvalue weighted by atomic mass is 16.7. The molecule has 84 valence electrons. The van der Waals surface area contributed by atoms with Crippen molar-refractivity contribution in [1.29, 1.82) is 0 Å². The summed E-state index contributed by atoms with van der Waals surface area (Å²) in [6, 6.07) is 0. The molecule has 0 aromatic heterocycles. The number of ether oxygens (including phenoxy) is 2. The first-order chi connectivity index (χ1) is 6.65. The van der Waals surface area contributed by atoms with Crippen LogP contribution in [0.3, 0.4) is 0 Å². The van der Waals surface area contributed by atoms with Crippen LogP contribution in [0.4, 0.5) is 0 Å². The van der Waals surface area contributed by atoms with E-state index in [4.69, 9.17) is 14.6 Å². The largest absolute Gasteiger partial charge is 0.392 e. The van der Waals surface area contributed by atoms with Gasteiger partial charge in [-0.2, -0.15) is 0 Å². The summed E-state index contributed by atoms with van der Waals surface area (Å²) in [6.45, 7) is 5.17. The SMILES string of the molecule is C=CCO.COC1CCC(O)[C@H](C)O1. The topological polar surface area (TPSA) is 58.9 Å². The number of hydrogen-bond acceptors (Lipinski definition) is 4. The Bertz CT molecular complexity index is 149. The summed E-state index contributed by atoms with van der Waals surface area (Å²) in [7, 11) is 1.62. The zero-order valence-corrected chi connectivity index (χ0v) is 8.85. The first kappa shape index (κ1) is 13.6. The lowest BCUT2D eigenvalue weighted by Gasteiger charge is -2.30. The Morgan fingerprint density at radius 1 is 1.57 bits per heavy atom. The average Bonchev–Trinajstić information content (AvgIpc) is 2.22. The van der Waals surface area contributed by atoms with E-state index in [2.05, 4.69) is 6.58 Å². The van der Waals surface area contributed by atoms with E-state index >= 15 is 0 Å². The molecule has 4 heteroatoms. The Hall–Kier alpha value is -0.420. The maximum absolute atomic E-state index is 9.21. The molecular weight excluding hydrogens is 184 g/mol. The van der Waals surface area contributed by atoms with Crippen LogP contribution in [0.2, 0.25) is 0 Å². The van der Waals surface area contributed by atoms with Gasteiger partial charge in [-0.15, -0.1) is 6.58 Å². The van der Waals surface area contributed by atoms with Gasteiger partial charge in [-0.3, -0.25) is 0 Å². The molecule has 0 aliphatic carbocycles. The normalized spacial score (nSPS) is 31.6. The summed E-state index contributed by atoms with van der Waals surface area (Å²) in [6.07, 6.45) is 2.49. The van der Waals surface area contributed by atoms with E-state index in [1.165, 1.54) is 6.08 Å². The molecule has 3 atom stereocenters. The Labute approximate surface area is 85.1 Å². The van der Waals surface area contributed by atoms with Gasteiger partial charge >= 0.3 is 0 Å². The van der Waals surface area contributed by atoms with Gasteiger partial charge in [0.15, 0.2) is 6.29 Å². The van der Waals surface area contributed by atoms with Gasteiger partial charge in [-0.05, 0) is 13.3 Å². The van der Waals surface area contributed by atoms with E-state index in [0.29, 0.717) is 0 Å². The molecule has 1 aliphatic rings. The van der Waals surface area contributed by atoms with Gasteiger partial charge in [0.1, 0.15) is 0 Å². The molecular formula is C10H20O4. The van der Waals surface area contributed by atoms with Crippen LogP contribution in [0.15, 0.2) is 12.7 Å². The highest BCUT2D eigenvalue weighted by Crippen LogP contribution is 2.19. The highest BCUT2D eigenvalue weighted by Gasteiger charge is 2.25. The fourth-order valence-corrected chi connectivity index (χ4v) is 1.11. The molecule has 0 radical (unpaired) electrons. The highest BCUT2D eigenvalue weighted by molar-refractivity contribution is 4.70. The number of hydrogen-bond donors (Lipinski definition) is 2. The minimum absolute atomic E-state index is 0.0833. The summed E-state index contributed by atoms with van der Waals surface area (Å²) in [5, 5.41) is 17.0. The zero-order valence-electron chi connectivity index (χ0n) is 8.85. The van der Waals surface area contributed by atoms with Crippen LogP contribution in [0.5, 0.6) is 0 Å². The van der Waals surface area contributed by atoms with Crippen LogP contribution >= 0.6 is 0 Å². The first-order valence-corrected chi connectivity index (χ1v) is 4.73. The van der Waals surface area contributed by atoms with Crippen molar-refractivity contribution in [3.63, 3.8) is 0 Å². The van der Waals surface area contributed by atoms with Crippen molar-refractivity contribution in [2.24, 2.45) is 0 Å². The average molecular weight is 204 g/mol. The van der Waals surface area contributed by atoms with Crippen molar-refractivity contribution in [2.75, 3.05) is 13.7 Å². The zero-order chi connectivity index (χ0) is 11.0. The number of rotatable bonds is 2. The molecule has 0 aromatic carbocycles. The molecule has 14 heavy (non-hydrogen) atoms. The predicted octanol–water partition coefficient (Wildman–Crippen LogP) is 0.683. The second-order valence-corrected chi connectivity index (χ2v) is 3.12. The lowest BCUT2D eigenvalue weighted by Crippen LogP contribution is -2.37. The van der Waals surface area contributed by atoms with Crippen molar-refractivity contribution >= 4 is 0 Å². The minimum Gasteiger partial charge on any atom is -0.392 e. The molecule has 0 spiro atoms. The third kappa shape index (κ3) is 5.34. The lowest BCUT2D eigenvalue weighted by molar-refractivity contribution is -0.206. The van der Waals surface area contributed by atoms with E-state index < -0.39 is 0 Å². The summed E-state index contributed by atoms with van der Waals surface area (Å²) in [5.41, 5.74) is 0. The Morgan fingerprint density at radius 3 is 2.50 bits per heavy atom. The fraction of sp³-hybridized carbons (Fsp3) is 0.800. The molecule has 1 rings (SSSR count). The van der Waals surface area contributed by atoms with E-state index in [0.717, 1.165) is 12.8 Å². The fourth-order valence-electron chi connectivity index (χ4n) is 1.11. The molecule has 0 bridgehead atoms. The predicted molar refractivity (Wildman–Crippen MR) is 53.9 cm³/mol. The number of aliphatic hydroxyl groups is 2. The van der Waals surface area contributed by atoms with Crippen molar-refractivity contribution in [3.05, 3.63) is 12.7 Å². The van der Waals surface area contributed by atoms with Gasteiger partial charge in [0, 0.05) is 13.5 Å². The molecule has 0 saturated carbocycles. The van der Waals surface area contributed by atoms with Gasteiger partial charge < -0.3 is 19.7 Å². The van der Waals surface area contributed by atoms with E-state index in [1.807, 2.05) is 6.92 Å². The van der Waals surface area contributed by atoms with Crippen molar-refractivity contribution < 1.29 is 19.7 Å². The molecule has 0 amide bonds. The van der Waals surface area contributed by atoms with Gasteiger partial charge in [0.05, 0.1) is 18.8 Å². The second-order valence-electron chi connectivity index (χ2n) is 3.12. The van der Waals surface area contributed by atoms with Gasteiger partial charge in [-0.25, -0.2) is 0 Å². The van der Waals surface area contributed by atoms with Gasteiger partial charge in [0.25, 0.3) is 0 Å². The molecule has 4 nitrogen and oxygen atoms in total. The molecule has 1 aliphatic heterocycles. The van der Waals surface area contributed by atoms with Crippen LogP contribution in [-0.2, 0) is 9.47 Å². The standard InChI is InChI=1S/C7H14O3.C3H6O/c1-5-6(8)3-4-7(9-2)10-5;1-2-3-4/h5-8H,3-4H2,1-2H3;2,4H,1,3H2/t5-,6?,7?;/m0./s1. The van der Waals surface area contributed by atoms with E-state index in [9.17, 15) is 5.11 Å². The maximum atomic E-state index is 9.21. The summed E-state index contributed by atoms with van der Waals surface area (Å²) in [4.78, 5) is 0. The smallest absolute Gasteiger partial charge is 0.157 e. The van der Waals surface area contributed by atoms with Crippen LogP contribution in [-0.4, -0.2) is 42.4 Å². The summed E-state index contributed by atoms with van der Waals surface area (Å²) >= 11 is 0. The van der Waals surface area contributed by atoms with Crippen molar-refractivity contribution in [1.82, 2.24) is 0 Å². The molecule has 0 aromatic rings. The lowest BCUT2D eigenvalue weighted by atomic mass is 10.1. The maximum Gasteiger partial charge on any atom is 0.157 e. The van der Waals surface area contributed by atoms with Crippen LogP contribution in [0, 0.1) is 0 Å². The summed E-state index contributed by atoms with van der Waals surface area (Å²) in [5.74, 6) is 0. The van der Waals surface area contributed by atoms with Crippen LogP contribution < -0.4 is 0 Å². The molecule has 1 heterocycles. The summed E-state index contributed by atoms with van der Waals surface area (Å²) < 4.78 is 10.3. The Morgan fingerprint density at radius 2 is 2.14 bits per heavy atom. The molecule has 2 N–H and O–H groups in total. The first-order valence-electron chi connectivity index (χ1n) is 4.73. The van der Waals surface area contributed by atoms with Crippen LogP contribution in [0.25, 0.3) is 0 Å². The molecule has 1 fully saturated rings. The third-order valence-corrected chi connectivity index (χ3v) is 2.00. The van der Waals surface area contributed by atoms with E-state index in [1.54, 1.807) is 7.11 Å². The Kier molecular flexibility index (Phi) is 7.70. The van der Waals surface area contributed by atoms with Gasteiger partial charge in [0.2, 0.25) is 0 Å². The third-order valence-electron chi connectivity index (χ3n) is 2.00. The monoisotopic (exact) mass is 204 g/mol. The number of aliphatic hydroxyl groups excluding tert-OH is 2. The van der Waals surface area contributed by atoms with Crippen molar-refractivity contribution in [3.8, 4) is 0 Å². The van der Waals surface area contributed by atoms with Crippen molar-refractivity contribution in [2.45, 2.75) is 38.3 Å². The van der Waals surface area contributed by atoms with Crippen LogP contribution in [0.1, 0.15) is 19.8 Å². The second kappa shape index (κ2) is 7.94. The minimum atomic E-state index is -0.314.